The molecule has 0 saturated carbocycles. The minimum Gasteiger partial charge on any atom is -0.462 e. The van der Waals surface area contributed by atoms with Crippen molar-refractivity contribution in [3.05, 3.63) is 32.6 Å². The second kappa shape index (κ2) is 7.49. The molecule has 0 aromatic carbocycles. The maximum absolute atomic E-state index is 13.2. The number of nitro groups is 1. The van der Waals surface area contributed by atoms with Crippen molar-refractivity contribution in [1.29, 1.82) is 0 Å². The largest absolute Gasteiger partial charge is 0.462 e. The second-order valence-corrected chi connectivity index (χ2v) is 4.57. The number of aromatic nitrogens is 1. The first-order chi connectivity index (χ1) is 11.1. The van der Waals surface area contributed by atoms with Crippen molar-refractivity contribution in [3.63, 3.8) is 0 Å². The van der Waals surface area contributed by atoms with Gasteiger partial charge in [0.25, 0.3) is 6.43 Å². The molecule has 0 unspecified atom stereocenters. The standard InChI is InChI=1S/C13H13F5N2O4/c1-3-5-6-7(12(21)24-4-2)10(13(16,17)18)19-8(11(14)15)9(6)20(22)23/h11H,3-5H2,1-2H3. The van der Waals surface area contributed by atoms with Gasteiger partial charge in [-0.15, -0.1) is 0 Å². The molecule has 0 radical (unpaired) electrons. The molecule has 6 nitrogen and oxygen atoms in total. The average Bonchev–Trinajstić information content (AvgIpc) is 2.44. The third-order valence-corrected chi connectivity index (χ3v) is 2.94. The molecular formula is C13H13F5N2O4. The second-order valence-electron chi connectivity index (χ2n) is 4.57. The number of hydrogen-bond acceptors (Lipinski definition) is 5. The molecule has 0 N–H and O–H groups in total. The van der Waals surface area contributed by atoms with Crippen LogP contribution >= 0.6 is 0 Å². The molecule has 0 aliphatic rings. The van der Waals surface area contributed by atoms with Gasteiger partial charge in [-0.25, -0.2) is 18.6 Å². The molecule has 0 aliphatic heterocycles. The minimum atomic E-state index is -5.26. The van der Waals surface area contributed by atoms with Crippen LogP contribution in [-0.2, 0) is 17.3 Å². The molecule has 134 valence electrons. The average molecular weight is 356 g/mol. The van der Waals surface area contributed by atoms with Crippen LogP contribution in [0.5, 0.6) is 0 Å². The highest BCUT2D eigenvalue weighted by atomic mass is 19.4. The fourth-order valence-electron chi connectivity index (χ4n) is 2.12. The zero-order chi connectivity index (χ0) is 18.7. The van der Waals surface area contributed by atoms with Crippen molar-refractivity contribution in [3.8, 4) is 0 Å². The number of carbonyl (C=O) groups excluding carboxylic acids is 1. The number of esters is 1. The Morgan fingerprint density at radius 1 is 1.33 bits per heavy atom. The van der Waals surface area contributed by atoms with Crippen molar-refractivity contribution in [2.24, 2.45) is 0 Å². The number of carbonyl (C=O) groups is 1. The summed E-state index contributed by atoms with van der Waals surface area (Å²) in [6.07, 6.45) is -9.19. The quantitative estimate of drug-likeness (QED) is 0.332. The first-order valence-corrected chi connectivity index (χ1v) is 6.79. The number of ether oxygens (including phenoxy) is 1. The van der Waals surface area contributed by atoms with Gasteiger partial charge in [0, 0.05) is 5.56 Å². The van der Waals surface area contributed by atoms with E-state index in [1.54, 1.807) is 0 Å². The van der Waals surface area contributed by atoms with Crippen LogP contribution in [0.1, 0.15) is 54.0 Å². The maximum Gasteiger partial charge on any atom is 0.434 e. The van der Waals surface area contributed by atoms with Crippen molar-refractivity contribution >= 4 is 11.7 Å². The Labute approximate surface area is 132 Å². The van der Waals surface area contributed by atoms with Crippen molar-refractivity contribution < 1.29 is 36.4 Å². The van der Waals surface area contributed by atoms with E-state index in [0.717, 1.165) is 0 Å². The molecule has 24 heavy (non-hydrogen) atoms. The molecule has 0 amide bonds. The smallest absolute Gasteiger partial charge is 0.434 e. The lowest BCUT2D eigenvalue weighted by molar-refractivity contribution is -0.387. The first kappa shape index (κ1) is 19.7. The van der Waals surface area contributed by atoms with Crippen LogP contribution in [0, 0.1) is 10.1 Å². The fourth-order valence-corrected chi connectivity index (χ4v) is 2.12. The van der Waals surface area contributed by atoms with Crippen LogP contribution < -0.4 is 0 Å². The van der Waals surface area contributed by atoms with Gasteiger partial charge in [0.1, 0.15) is 5.56 Å². The molecular weight excluding hydrogens is 343 g/mol. The van der Waals surface area contributed by atoms with E-state index in [1.165, 1.54) is 13.8 Å². The van der Waals surface area contributed by atoms with E-state index in [4.69, 9.17) is 0 Å². The zero-order valence-corrected chi connectivity index (χ0v) is 12.6. The number of hydrogen-bond donors (Lipinski definition) is 0. The summed E-state index contributed by atoms with van der Waals surface area (Å²) >= 11 is 0. The Morgan fingerprint density at radius 2 is 1.92 bits per heavy atom. The van der Waals surface area contributed by atoms with E-state index in [0.29, 0.717) is 0 Å². The van der Waals surface area contributed by atoms with Gasteiger partial charge >= 0.3 is 17.8 Å². The molecule has 0 atom stereocenters. The first-order valence-electron chi connectivity index (χ1n) is 6.79. The van der Waals surface area contributed by atoms with Crippen LogP contribution in [0.4, 0.5) is 27.6 Å². The van der Waals surface area contributed by atoms with Gasteiger partial charge < -0.3 is 4.74 Å². The summed E-state index contributed by atoms with van der Waals surface area (Å²) in [4.78, 5) is 24.4. The summed E-state index contributed by atoms with van der Waals surface area (Å²) in [5, 5.41) is 11.1. The Kier molecular flexibility index (Phi) is 6.16. The molecule has 1 heterocycles. The van der Waals surface area contributed by atoms with Gasteiger partial charge in [0.15, 0.2) is 11.4 Å². The molecule has 11 heteroatoms. The highest BCUT2D eigenvalue weighted by Gasteiger charge is 2.44. The molecule has 0 saturated heterocycles. The maximum atomic E-state index is 13.2. The summed E-state index contributed by atoms with van der Waals surface area (Å²) in [5.41, 5.74) is -6.77. The van der Waals surface area contributed by atoms with Crippen molar-refractivity contribution in [2.75, 3.05) is 6.61 Å². The highest BCUT2D eigenvalue weighted by molar-refractivity contribution is 5.94. The predicted molar refractivity (Wildman–Crippen MR) is 70.8 cm³/mol. The van der Waals surface area contributed by atoms with Crippen molar-refractivity contribution in [1.82, 2.24) is 4.98 Å². The topological polar surface area (TPSA) is 82.3 Å². The van der Waals surface area contributed by atoms with E-state index >= 15 is 0 Å². The van der Waals surface area contributed by atoms with E-state index in [2.05, 4.69) is 9.72 Å². The van der Waals surface area contributed by atoms with E-state index < -0.39 is 58.1 Å². The van der Waals surface area contributed by atoms with Crippen LogP contribution in [0.25, 0.3) is 0 Å². The monoisotopic (exact) mass is 356 g/mol. The zero-order valence-electron chi connectivity index (χ0n) is 12.6. The highest BCUT2D eigenvalue weighted by Crippen LogP contribution is 2.40. The molecule has 0 bridgehead atoms. The third-order valence-electron chi connectivity index (χ3n) is 2.94. The summed E-state index contributed by atoms with van der Waals surface area (Å²) < 4.78 is 70.0. The van der Waals surface area contributed by atoms with E-state index in [9.17, 15) is 36.9 Å². The van der Waals surface area contributed by atoms with Gasteiger partial charge in [-0.05, 0) is 13.3 Å². The molecule has 1 rings (SSSR count). The number of nitrogens with zero attached hydrogens (tertiary/aromatic N) is 2. The molecule has 1 aromatic rings. The summed E-state index contributed by atoms with van der Waals surface area (Å²) in [7, 11) is 0. The van der Waals surface area contributed by atoms with Gasteiger partial charge in [0.05, 0.1) is 11.5 Å². The lowest BCUT2D eigenvalue weighted by atomic mass is 9.98. The van der Waals surface area contributed by atoms with Gasteiger partial charge in [-0.3, -0.25) is 10.1 Å². The predicted octanol–water partition coefficient (Wildman–Crippen LogP) is 4.08. The summed E-state index contributed by atoms with van der Waals surface area (Å²) in [6.45, 7) is 2.49. The van der Waals surface area contributed by atoms with Crippen LogP contribution in [-0.4, -0.2) is 22.5 Å². The van der Waals surface area contributed by atoms with E-state index in [-0.39, 0.29) is 13.0 Å². The SMILES string of the molecule is CCCc1c(C(=O)OCC)c(C(F)(F)F)nc(C(F)F)c1[N+](=O)[O-]. The molecule has 0 spiro atoms. The van der Waals surface area contributed by atoms with Crippen LogP contribution in [0.3, 0.4) is 0 Å². The van der Waals surface area contributed by atoms with Gasteiger partial charge in [-0.1, -0.05) is 13.3 Å². The van der Waals surface area contributed by atoms with Gasteiger partial charge in [-0.2, -0.15) is 13.2 Å². The van der Waals surface area contributed by atoms with Crippen LogP contribution in [0.15, 0.2) is 0 Å². The minimum absolute atomic E-state index is 0.0806. The Hall–Kier alpha value is -2.33. The summed E-state index contributed by atoms with van der Waals surface area (Å²) in [5.74, 6) is -1.50. The third kappa shape index (κ3) is 3.95. The van der Waals surface area contributed by atoms with Gasteiger partial charge in [0.2, 0.25) is 0 Å². The lowest BCUT2D eigenvalue weighted by Crippen LogP contribution is -2.22. The number of alkyl halides is 5. The number of rotatable bonds is 6. The van der Waals surface area contributed by atoms with Crippen molar-refractivity contribution in [2.45, 2.75) is 39.3 Å². The van der Waals surface area contributed by atoms with Crippen LogP contribution in [0.2, 0.25) is 0 Å². The van der Waals surface area contributed by atoms with E-state index in [1.807, 2.05) is 0 Å². The number of pyridine rings is 1. The molecule has 0 aliphatic carbocycles. The normalized spacial score (nSPS) is 11.7. The Bertz CT molecular complexity index is 646. The Balaban J connectivity index is 3.96. The summed E-state index contributed by atoms with van der Waals surface area (Å²) in [6, 6.07) is 0. The lowest BCUT2D eigenvalue weighted by Gasteiger charge is -2.17. The fraction of sp³-hybridized carbons (Fsp3) is 0.538. The Morgan fingerprint density at radius 3 is 2.29 bits per heavy atom. The number of halogens is 5. The molecule has 0 fully saturated rings. The molecule has 1 aromatic heterocycles.